The molecule has 0 amide bonds. The molecule has 0 radical (unpaired) electrons. The fourth-order valence-corrected chi connectivity index (χ4v) is 2.79. The van der Waals surface area contributed by atoms with Gasteiger partial charge < -0.3 is 15.3 Å². The van der Waals surface area contributed by atoms with Crippen LogP contribution >= 0.6 is 0 Å². The van der Waals surface area contributed by atoms with Gasteiger partial charge in [0.15, 0.2) is 0 Å². The first-order valence-corrected chi connectivity index (χ1v) is 7.27. The number of likely N-dealkylation sites (tertiary alicyclic amines) is 1. The van der Waals surface area contributed by atoms with Gasteiger partial charge in [-0.2, -0.15) is 0 Å². The van der Waals surface area contributed by atoms with Crippen LogP contribution in [0.4, 0.5) is 0 Å². The maximum atomic E-state index is 11.2. The van der Waals surface area contributed by atoms with E-state index >= 15 is 0 Å². The van der Waals surface area contributed by atoms with E-state index in [1.807, 2.05) is 13.8 Å². The molecular weight excluding hydrogens is 242 g/mol. The topological polar surface area (TPSA) is 55.8 Å². The molecule has 1 aliphatic heterocycles. The van der Waals surface area contributed by atoms with Crippen LogP contribution in [0.3, 0.4) is 0 Å². The average molecular weight is 271 g/mol. The first-order chi connectivity index (χ1) is 8.90. The van der Waals surface area contributed by atoms with Crippen LogP contribution in [0.2, 0.25) is 0 Å². The summed E-state index contributed by atoms with van der Waals surface area (Å²) >= 11 is 0. The van der Waals surface area contributed by atoms with Gasteiger partial charge in [-0.15, -0.1) is 0 Å². The fraction of sp³-hybridized carbons (Fsp3) is 0.929. The quantitative estimate of drug-likeness (QED) is 0.685. The molecule has 0 aromatic heterocycles. The van der Waals surface area contributed by atoms with E-state index in [1.54, 1.807) is 0 Å². The molecule has 0 spiro atoms. The predicted octanol–water partition coefficient (Wildman–Crippen LogP) is 0.854. The molecule has 1 heterocycles. The third kappa shape index (κ3) is 5.89. The van der Waals surface area contributed by atoms with E-state index in [4.69, 9.17) is 0 Å². The fourth-order valence-electron chi connectivity index (χ4n) is 2.79. The second kappa shape index (κ2) is 7.82. The molecule has 0 aromatic carbocycles. The Balaban J connectivity index is 2.42. The predicted molar refractivity (Wildman–Crippen MR) is 77.5 cm³/mol. The largest absolute Gasteiger partial charge is 0.480 e. The lowest BCUT2D eigenvalue weighted by molar-refractivity contribution is -0.140. The zero-order chi connectivity index (χ0) is 14.4. The number of likely N-dealkylation sites (N-methyl/N-ethyl adjacent to an activating group) is 1. The highest BCUT2D eigenvalue weighted by atomic mass is 16.4. The summed E-state index contributed by atoms with van der Waals surface area (Å²) in [5.74, 6) is -0.739. The van der Waals surface area contributed by atoms with Gasteiger partial charge in [0.2, 0.25) is 0 Å². The van der Waals surface area contributed by atoms with Crippen molar-refractivity contribution >= 4 is 5.97 Å². The number of carboxylic acids is 1. The van der Waals surface area contributed by atoms with Crippen molar-refractivity contribution in [3.8, 4) is 0 Å². The number of hydrogen-bond acceptors (Lipinski definition) is 4. The van der Waals surface area contributed by atoms with Gasteiger partial charge in [0.25, 0.3) is 0 Å². The van der Waals surface area contributed by atoms with Crippen LogP contribution in [0.5, 0.6) is 0 Å². The monoisotopic (exact) mass is 271 g/mol. The standard InChI is InChI=1S/C14H29N3O2/c1-11(2)15-13(14(18)19)7-9-17-8-5-6-12(17)10-16(3)4/h11-13,15H,5-10H2,1-4H3,(H,18,19). The second-order valence-corrected chi connectivity index (χ2v) is 6.10. The molecule has 2 unspecified atom stereocenters. The van der Waals surface area contributed by atoms with E-state index in [1.165, 1.54) is 12.8 Å². The number of aliphatic carboxylic acids is 1. The average Bonchev–Trinajstić information content (AvgIpc) is 2.70. The Hall–Kier alpha value is -0.650. The van der Waals surface area contributed by atoms with Gasteiger partial charge in [0.1, 0.15) is 6.04 Å². The number of rotatable bonds is 8. The molecule has 5 heteroatoms. The van der Waals surface area contributed by atoms with E-state index in [-0.39, 0.29) is 6.04 Å². The number of nitrogens with one attached hydrogen (secondary N) is 1. The molecular formula is C14H29N3O2. The number of carboxylic acid groups (broad SMARTS) is 1. The van der Waals surface area contributed by atoms with Crippen LogP contribution < -0.4 is 5.32 Å². The summed E-state index contributed by atoms with van der Waals surface area (Å²) in [7, 11) is 4.19. The summed E-state index contributed by atoms with van der Waals surface area (Å²) in [6.45, 7) is 7.01. The van der Waals surface area contributed by atoms with E-state index in [9.17, 15) is 9.90 Å². The van der Waals surface area contributed by atoms with Crippen molar-refractivity contribution < 1.29 is 9.90 Å². The molecule has 2 N–H and O–H groups in total. The Labute approximate surface area is 117 Å². The molecule has 112 valence electrons. The molecule has 5 nitrogen and oxygen atoms in total. The van der Waals surface area contributed by atoms with Crippen molar-refractivity contribution in [1.29, 1.82) is 0 Å². The van der Waals surface area contributed by atoms with Gasteiger partial charge in [-0.25, -0.2) is 0 Å². The van der Waals surface area contributed by atoms with E-state index in [0.29, 0.717) is 12.5 Å². The van der Waals surface area contributed by atoms with Gasteiger partial charge in [0.05, 0.1) is 0 Å². The molecule has 0 aromatic rings. The van der Waals surface area contributed by atoms with Crippen molar-refractivity contribution in [2.75, 3.05) is 33.7 Å². The molecule has 1 saturated heterocycles. The Morgan fingerprint density at radius 1 is 1.47 bits per heavy atom. The van der Waals surface area contributed by atoms with Crippen LogP contribution in [0, 0.1) is 0 Å². The van der Waals surface area contributed by atoms with Crippen molar-refractivity contribution in [3.63, 3.8) is 0 Å². The van der Waals surface area contributed by atoms with Gasteiger partial charge in [0, 0.05) is 25.2 Å². The first-order valence-electron chi connectivity index (χ1n) is 7.27. The van der Waals surface area contributed by atoms with E-state index < -0.39 is 12.0 Å². The Morgan fingerprint density at radius 3 is 2.68 bits per heavy atom. The van der Waals surface area contributed by atoms with Gasteiger partial charge in [-0.3, -0.25) is 9.69 Å². The highest BCUT2D eigenvalue weighted by Gasteiger charge is 2.26. The molecule has 1 aliphatic rings. The minimum atomic E-state index is -0.739. The lowest BCUT2D eigenvalue weighted by atomic mass is 10.1. The van der Waals surface area contributed by atoms with Crippen LogP contribution in [0.25, 0.3) is 0 Å². The lowest BCUT2D eigenvalue weighted by Crippen LogP contribution is -2.45. The van der Waals surface area contributed by atoms with Crippen molar-refractivity contribution in [1.82, 2.24) is 15.1 Å². The molecule has 0 saturated carbocycles. The minimum Gasteiger partial charge on any atom is -0.480 e. The highest BCUT2D eigenvalue weighted by molar-refractivity contribution is 5.73. The van der Waals surface area contributed by atoms with E-state index in [0.717, 1.165) is 19.6 Å². The van der Waals surface area contributed by atoms with Gasteiger partial charge >= 0.3 is 5.97 Å². The van der Waals surface area contributed by atoms with Crippen LogP contribution in [0.15, 0.2) is 0 Å². The number of carbonyl (C=O) groups is 1. The molecule has 2 atom stereocenters. The molecule has 0 aliphatic carbocycles. The Kier molecular flexibility index (Phi) is 6.75. The highest BCUT2D eigenvalue weighted by Crippen LogP contribution is 2.18. The zero-order valence-electron chi connectivity index (χ0n) is 12.7. The van der Waals surface area contributed by atoms with Crippen molar-refractivity contribution in [3.05, 3.63) is 0 Å². The lowest BCUT2D eigenvalue weighted by Gasteiger charge is -2.28. The maximum absolute atomic E-state index is 11.2. The summed E-state index contributed by atoms with van der Waals surface area (Å²) in [5.41, 5.74) is 0. The normalized spacial score (nSPS) is 22.3. The third-order valence-corrected chi connectivity index (χ3v) is 3.61. The third-order valence-electron chi connectivity index (χ3n) is 3.61. The van der Waals surface area contributed by atoms with Gasteiger partial charge in [-0.1, -0.05) is 13.8 Å². The molecule has 0 bridgehead atoms. The van der Waals surface area contributed by atoms with Crippen LogP contribution in [-0.4, -0.2) is 72.7 Å². The van der Waals surface area contributed by atoms with Gasteiger partial charge in [-0.05, 0) is 39.9 Å². The Bertz CT molecular complexity index is 282. The summed E-state index contributed by atoms with van der Waals surface area (Å²) in [4.78, 5) is 15.9. The second-order valence-electron chi connectivity index (χ2n) is 6.10. The van der Waals surface area contributed by atoms with Crippen LogP contribution in [0.1, 0.15) is 33.1 Å². The summed E-state index contributed by atoms with van der Waals surface area (Å²) < 4.78 is 0. The Morgan fingerprint density at radius 2 is 2.16 bits per heavy atom. The smallest absolute Gasteiger partial charge is 0.320 e. The number of hydrogen-bond donors (Lipinski definition) is 2. The van der Waals surface area contributed by atoms with Crippen molar-refractivity contribution in [2.24, 2.45) is 0 Å². The summed E-state index contributed by atoms with van der Waals surface area (Å²) in [6, 6.07) is 0.362. The van der Waals surface area contributed by atoms with Crippen LogP contribution in [-0.2, 0) is 4.79 Å². The summed E-state index contributed by atoms with van der Waals surface area (Å²) in [6.07, 6.45) is 3.14. The van der Waals surface area contributed by atoms with Crippen molar-refractivity contribution in [2.45, 2.75) is 51.2 Å². The zero-order valence-corrected chi connectivity index (χ0v) is 12.7. The summed E-state index contributed by atoms with van der Waals surface area (Å²) in [5, 5.41) is 12.3. The SMILES string of the molecule is CC(C)NC(CCN1CCCC1CN(C)C)C(=O)O. The molecule has 1 rings (SSSR count). The molecule has 19 heavy (non-hydrogen) atoms. The minimum absolute atomic E-state index is 0.206. The van der Waals surface area contributed by atoms with E-state index in [2.05, 4.69) is 29.2 Å². The maximum Gasteiger partial charge on any atom is 0.320 e. The first kappa shape index (κ1) is 16.4. The molecule has 1 fully saturated rings. The number of nitrogens with zero attached hydrogens (tertiary/aromatic N) is 2.